The standard InChI is InChI=1S/C25H28N2O4S/c1-3-31-23-14-12-22(13-15-23)26-25(28)18-11-20-9-16-24(17-10-20)32(29,30)27-19(2)21-7-5-4-6-8-21/h4-10,12-17,19,27H,3,11,18H2,1-2H3,(H,26,28)/t19-/m1/s1. The fourth-order valence-electron chi connectivity index (χ4n) is 3.23. The van der Waals surface area contributed by atoms with Crippen LogP contribution in [0.5, 0.6) is 5.75 Å². The van der Waals surface area contributed by atoms with Crippen molar-refractivity contribution in [2.75, 3.05) is 11.9 Å². The minimum Gasteiger partial charge on any atom is -0.494 e. The zero-order chi connectivity index (χ0) is 23.0. The SMILES string of the molecule is CCOc1ccc(NC(=O)CCc2ccc(S(=O)(=O)N[C@H](C)c3ccccc3)cc2)cc1. The molecule has 0 radical (unpaired) electrons. The Morgan fingerprint density at radius 1 is 0.938 bits per heavy atom. The number of aryl methyl sites for hydroxylation is 1. The van der Waals surface area contributed by atoms with Crippen LogP contribution in [0.25, 0.3) is 0 Å². The van der Waals surface area contributed by atoms with Gasteiger partial charge in [0, 0.05) is 18.2 Å². The molecule has 6 nitrogen and oxygen atoms in total. The van der Waals surface area contributed by atoms with E-state index in [4.69, 9.17) is 4.74 Å². The van der Waals surface area contributed by atoms with Crippen LogP contribution >= 0.6 is 0 Å². The first-order valence-corrected chi connectivity index (χ1v) is 12.0. The number of hydrogen-bond acceptors (Lipinski definition) is 4. The summed E-state index contributed by atoms with van der Waals surface area (Å²) in [6.07, 6.45) is 0.805. The summed E-state index contributed by atoms with van der Waals surface area (Å²) < 4.78 is 33.4. The molecule has 3 aromatic carbocycles. The quantitative estimate of drug-likeness (QED) is 0.467. The summed E-state index contributed by atoms with van der Waals surface area (Å²) in [4.78, 5) is 12.4. The zero-order valence-electron chi connectivity index (χ0n) is 18.2. The van der Waals surface area contributed by atoms with Crippen LogP contribution in [0.1, 0.15) is 37.4 Å². The molecule has 0 heterocycles. The van der Waals surface area contributed by atoms with Gasteiger partial charge in [0.15, 0.2) is 0 Å². The number of amides is 1. The molecule has 0 fully saturated rings. The minimum atomic E-state index is -3.64. The molecule has 32 heavy (non-hydrogen) atoms. The number of sulfonamides is 1. The maximum Gasteiger partial charge on any atom is 0.241 e. The van der Waals surface area contributed by atoms with E-state index in [2.05, 4.69) is 10.0 Å². The first-order chi connectivity index (χ1) is 15.4. The van der Waals surface area contributed by atoms with Gasteiger partial charge in [-0.1, -0.05) is 42.5 Å². The third kappa shape index (κ3) is 6.67. The molecule has 0 aromatic heterocycles. The van der Waals surface area contributed by atoms with Gasteiger partial charge in [-0.15, -0.1) is 0 Å². The Kier molecular flexibility index (Phi) is 8.03. The van der Waals surface area contributed by atoms with Crippen molar-refractivity contribution in [1.29, 1.82) is 0 Å². The van der Waals surface area contributed by atoms with Gasteiger partial charge in [0.25, 0.3) is 0 Å². The third-order valence-electron chi connectivity index (χ3n) is 4.95. The van der Waals surface area contributed by atoms with Crippen LogP contribution in [0.15, 0.2) is 83.8 Å². The number of hydrogen-bond donors (Lipinski definition) is 2. The van der Waals surface area contributed by atoms with Crippen LogP contribution in [0, 0.1) is 0 Å². The van der Waals surface area contributed by atoms with Gasteiger partial charge in [0.05, 0.1) is 11.5 Å². The molecule has 1 atom stereocenters. The maximum atomic E-state index is 12.7. The van der Waals surface area contributed by atoms with Crippen molar-refractivity contribution >= 4 is 21.6 Å². The van der Waals surface area contributed by atoms with Gasteiger partial charge in [-0.25, -0.2) is 13.1 Å². The molecular formula is C25H28N2O4S. The molecule has 7 heteroatoms. The normalized spacial score (nSPS) is 12.2. The smallest absolute Gasteiger partial charge is 0.241 e. The Morgan fingerprint density at radius 2 is 1.59 bits per heavy atom. The summed E-state index contributed by atoms with van der Waals surface area (Å²) >= 11 is 0. The van der Waals surface area contributed by atoms with Crippen molar-refractivity contribution in [3.8, 4) is 5.75 Å². The zero-order valence-corrected chi connectivity index (χ0v) is 19.1. The Hall–Kier alpha value is -3.16. The van der Waals surface area contributed by atoms with E-state index in [0.717, 1.165) is 16.9 Å². The molecule has 0 aliphatic rings. The molecule has 0 saturated heterocycles. The summed E-state index contributed by atoms with van der Waals surface area (Å²) in [6, 6.07) is 22.9. The van der Waals surface area contributed by atoms with E-state index in [0.29, 0.717) is 25.1 Å². The molecule has 1 amide bonds. The van der Waals surface area contributed by atoms with Crippen molar-refractivity contribution < 1.29 is 17.9 Å². The molecular weight excluding hydrogens is 424 g/mol. The molecule has 0 unspecified atom stereocenters. The Morgan fingerprint density at radius 3 is 2.22 bits per heavy atom. The molecule has 0 bridgehead atoms. The highest BCUT2D eigenvalue weighted by Crippen LogP contribution is 2.19. The van der Waals surface area contributed by atoms with Gasteiger partial charge in [0.2, 0.25) is 15.9 Å². The lowest BCUT2D eigenvalue weighted by Crippen LogP contribution is -2.26. The molecule has 0 aliphatic heterocycles. The van der Waals surface area contributed by atoms with E-state index in [9.17, 15) is 13.2 Å². The highest BCUT2D eigenvalue weighted by Gasteiger charge is 2.18. The molecule has 3 rings (SSSR count). The first kappa shape index (κ1) is 23.5. The molecule has 2 N–H and O–H groups in total. The number of carbonyl (C=O) groups excluding carboxylic acids is 1. The maximum absolute atomic E-state index is 12.7. The lowest BCUT2D eigenvalue weighted by molar-refractivity contribution is -0.116. The fourth-order valence-corrected chi connectivity index (χ4v) is 4.46. The molecule has 0 spiro atoms. The number of ether oxygens (including phenoxy) is 1. The van der Waals surface area contributed by atoms with E-state index in [1.54, 1.807) is 36.4 Å². The molecule has 3 aromatic rings. The van der Waals surface area contributed by atoms with Crippen LogP contribution in [-0.2, 0) is 21.2 Å². The predicted molar refractivity (Wildman–Crippen MR) is 126 cm³/mol. The van der Waals surface area contributed by atoms with Crippen LogP contribution in [0.3, 0.4) is 0 Å². The van der Waals surface area contributed by atoms with E-state index in [1.165, 1.54) is 0 Å². The van der Waals surface area contributed by atoms with Crippen LogP contribution in [0.2, 0.25) is 0 Å². The largest absolute Gasteiger partial charge is 0.494 e. The lowest BCUT2D eigenvalue weighted by Gasteiger charge is -2.15. The van der Waals surface area contributed by atoms with Gasteiger partial charge in [-0.2, -0.15) is 0 Å². The average Bonchev–Trinajstić information content (AvgIpc) is 2.80. The van der Waals surface area contributed by atoms with Gasteiger partial charge >= 0.3 is 0 Å². The van der Waals surface area contributed by atoms with Gasteiger partial charge in [-0.3, -0.25) is 4.79 Å². The summed E-state index contributed by atoms with van der Waals surface area (Å²) in [7, 11) is -3.64. The van der Waals surface area contributed by atoms with E-state index < -0.39 is 10.0 Å². The van der Waals surface area contributed by atoms with Crippen molar-refractivity contribution in [2.45, 2.75) is 37.6 Å². The van der Waals surface area contributed by atoms with Crippen molar-refractivity contribution in [3.05, 3.63) is 90.0 Å². The molecule has 0 saturated carbocycles. The second-order valence-corrected chi connectivity index (χ2v) is 9.12. The summed E-state index contributed by atoms with van der Waals surface area (Å²) in [6.45, 7) is 4.32. The van der Waals surface area contributed by atoms with Crippen LogP contribution < -0.4 is 14.8 Å². The third-order valence-corrected chi connectivity index (χ3v) is 6.51. The fraction of sp³-hybridized carbons (Fsp3) is 0.240. The average molecular weight is 453 g/mol. The second-order valence-electron chi connectivity index (χ2n) is 7.40. The summed E-state index contributed by atoms with van der Waals surface area (Å²) in [5.74, 6) is 0.650. The predicted octanol–water partition coefficient (Wildman–Crippen LogP) is 4.70. The van der Waals surface area contributed by atoms with Crippen molar-refractivity contribution in [2.24, 2.45) is 0 Å². The number of carbonyl (C=O) groups is 1. The Labute approximate surface area is 189 Å². The number of benzene rings is 3. The van der Waals surface area contributed by atoms with Crippen LogP contribution in [0.4, 0.5) is 5.69 Å². The summed E-state index contributed by atoms with van der Waals surface area (Å²) in [5, 5.41) is 2.85. The molecule has 168 valence electrons. The topological polar surface area (TPSA) is 84.5 Å². The lowest BCUT2D eigenvalue weighted by atomic mass is 10.1. The van der Waals surface area contributed by atoms with Crippen molar-refractivity contribution in [1.82, 2.24) is 4.72 Å². The van der Waals surface area contributed by atoms with Gasteiger partial charge in [-0.05, 0) is 67.8 Å². The Balaban J connectivity index is 1.53. The van der Waals surface area contributed by atoms with E-state index in [1.807, 2.05) is 56.3 Å². The van der Waals surface area contributed by atoms with Crippen LogP contribution in [-0.4, -0.2) is 20.9 Å². The van der Waals surface area contributed by atoms with Crippen molar-refractivity contribution in [3.63, 3.8) is 0 Å². The number of nitrogens with one attached hydrogen (secondary N) is 2. The number of anilines is 1. The Bertz CT molecular complexity index is 1110. The highest BCUT2D eigenvalue weighted by atomic mass is 32.2. The summed E-state index contributed by atoms with van der Waals surface area (Å²) in [5.41, 5.74) is 2.49. The highest BCUT2D eigenvalue weighted by molar-refractivity contribution is 7.89. The second kappa shape index (κ2) is 10.9. The van der Waals surface area contributed by atoms with Gasteiger partial charge in [0.1, 0.15) is 5.75 Å². The molecule has 0 aliphatic carbocycles. The minimum absolute atomic E-state index is 0.107. The van der Waals surface area contributed by atoms with E-state index in [-0.39, 0.29) is 16.8 Å². The van der Waals surface area contributed by atoms with Gasteiger partial charge < -0.3 is 10.1 Å². The number of rotatable bonds is 10. The van der Waals surface area contributed by atoms with E-state index >= 15 is 0 Å². The monoisotopic (exact) mass is 452 g/mol. The first-order valence-electron chi connectivity index (χ1n) is 10.6.